The van der Waals surface area contributed by atoms with E-state index in [2.05, 4.69) is 0 Å². The van der Waals surface area contributed by atoms with Gasteiger partial charge in [-0.15, -0.1) is 0 Å². The van der Waals surface area contributed by atoms with Crippen molar-refractivity contribution in [2.75, 3.05) is 0 Å². The highest BCUT2D eigenvalue weighted by Crippen LogP contribution is 2.32. The maximum atomic E-state index is 12.6. The molecular weight excluding hydrogens is 342 g/mol. The zero-order chi connectivity index (χ0) is 19.6. The lowest BCUT2D eigenvalue weighted by atomic mass is 10.1. The molecule has 1 atom stereocenters. The van der Waals surface area contributed by atoms with Crippen molar-refractivity contribution in [2.45, 2.75) is 51.8 Å². The van der Waals surface area contributed by atoms with Crippen LogP contribution in [0.5, 0.6) is 0 Å². The first kappa shape index (κ1) is 19.4. The van der Waals surface area contributed by atoms with Gasteiger partial charge in [0.05, 0.1) is 22.6 Å². The van der Waals surface area contributed by atoms with E-state index in [1.54, 1.807) is 20.8 Å². The number of nitrogens with zero attached hydrogens (tertiary/aromatic N) is 2. The minimum Gasteiger partial charge on any atom is -0.460 e. The number of nitro groups is 1. The second-order valence-corrected chi connectivity index (χ2v) is 7.04. The lowest BCUT2D eigenvalue weighted by molar-refractivity contribution is -0.385. The van der Waals surface area contributed by atoms with Crippen LogP contribution in [0.4, 0.5) is 5.69 Å². The van der Waals surface area contributed by atoms with Gasteiger partial charge in [-0.1, -0.05) is 6.07 Å². The zero-order valence-corrected chi connectivity index (χ0v) is 14.9. The first-order chi connectivity index (χ1) is 12.0. The lowest BCUT2D eigenvalue weighted by Gasteiger charge is -2.25. The van der Waals surface area contributed by atoms with Gasteiger partial charge in [0.25, 0.3) is 11.6 Å². The largest absolute Gasteiger partial charge is 0.460 e. The Morgan fingerprint density at radius 2 is 2.04 bits per heavy atom. The number of rotatable bonds is 6. The van der Waals surface area contributed by atoms with Crippen LogP contribution in [0.15, 0.2) is 18.2 Å². The summed E-state index contributed by atoms with van der Waals surface area (Å²) in [5, 5.41) is 11.1. The smallest absolute Gasteiger partial charge is 0.306 e. The molecule has 1 aliphatic rings. The highest BCUT2D eigenvalue weighted by molar-refractivity contribution is 6.02. The van der Waals surface area contributed by atoms with Gasteiger partial charge >= 0.3 is 5.97 Å². The normalized spacial score (nSPS) is 14.7. The zero-order valence-electron chi connectivity index (χ0n) is 14.9. The summed E-state index contributed by atoms with van der Waals surface area (Å²) in [6, 6.07) is 3.13. The van der Waals surface area contributed by atoms with Gasteiger partial charge in [0.2, 0.25) is 5.91 Å². The summed E-state index contributed by atoms with van der Waals surface area (Å²) in [4.78, 5) is 48.0. The number of fused-ring (bicyclic) bond motifs is 1. The van der Waals surface area contributed by atoms with Crippen molar-refractivity contribution in [3.63, 3.8) is 0 Å². The number of carbonyl (C=O) groups is 3. The van der Waals surface area contributed by atoms with Crippen molar-refractivity contribution >= 4 is 23.5 Å². The molecule has 2 N–H and O–H groups in total. The van der Waals surface area contributed by atoms with Gasteiger partial charge in [-0.3, -0.25) is 24.5 Å². The number of benzene rings is 1. The molecule has 2 amide bonds. The third-order valence-corrected chi connectivity index (χ3v) is 3.91. The van der Waals surface area contributed by atoms with Crippen LogP contribution in [0.1, 0.15) is 49.5 Å². The summed E-state index contributed by atoms with van der Waals surface area (Å²) < 4.78 is 5.19. The molecule has 0 radical (unpaired) electrons. The summed E-state index contributed by atoms with van der Waals surface area (Å²) in [5.74, 6) is -1.81. The number of hydrogen-bond donors (Lipinski definition) is 1. The molecule has 2 rings (SSSR count). The number of primary amides is 1. The quantitative estimate of drug-likeness (QED) is 0.463. The average molecular weight is 363 g/mol. The minimum absolute atomic E-state index is 0.0161. The molecule has 9 nitrogen and oxygen atoms in total. The highest BCUT2D eigenvalue weighted by atomic mass is 16.6. The van der Waals surface area contributed by atoms with E-state index in [-0.39, 0.29) is 36.2 Å². The molecule has 26 heavy (non-hydrogen) atoms. The van der Waals surface area contributed by atoms with Crippen LogP contribution in [0.3, 0.4) is 0 Å². The average Bonchev–Trinajstić information content (AvgIpc) is 2.82. The van der Waals surface area contributed by atoms with Crippen molar-refractivity contribution < 1.29 is 24.0 Å². The maximum absolute atomic E-state index is 12.6. The molecule has 0 aromatic heterocycles. The summed E-state index contributed by atoms with van der Waals surface area (Å²) in [7, 11) is 0. The molecule has 0 saturated carbocycles. The van der Waals surface area contributed by atoms with Crippen molar-refractivity contribution in [1.82, 2.24) is 4.90 Å². The summed E-state index contributed by atoms with van der Waals surface area (Å²) >= 11 is 0. The molecular formula is C17H21N3O6. The van der Waals surface area contributed by atoms with Gasteiger partial charge in [-0.2, -0.15) is 0 Å². The van der Waals surface area contributed by atoms with E-state index < -0.39 is 34.3 Å². The van der Waals surface area contributed by atoms with Gasteiger partial charge in [0.15, 0.2) is 0 Å². The van der Waals surface area contributed by atoms with Crippen LogP contribution < -0.4 is 5.73 Å². The number of ether oxygens (including phenoxy) is 1. The predicted octanol–water partition coefficient (Wildman–Crippen LogP) is 1.53. The Balaban J connectivity index is 2.18. The molecule has 0 bridgehead atoms. The molecule has 1 aromatic carbocycles. The summed E-state index contributed by atoms with van der Waals surface area (Å²) in [6.45, 7) is 5.05. The Kier molecular flexibility index (Phi) is 5.29. The molecule has 1 aromatic rings. The van der Waals surface area contributed by atoms with Crippen LogP contribution in [0.2, 0.25) is 0 Å². The Hall–Kier alpha value is -2.97. The monoisotopic (exact) mass is 363 g/mol. The topological polar surface area (TPSA) is 133 Å². The fourth-order valence-corrected chi connectivity index (χ4v) is 2.86. The molecule has 0 saturated heterocycles. The van der Waals surface area contributed by atoms with E-state index in [1.807, 2.05) is 0 Å². The third-order valence-electron chi connectivity index (χ3n) is 3.91. The van der Waals surface area contributed by atoms with Gasteiger partial charge in [-0.25, -0.2) is 0 Å². The molecule has 0 aliphatic carbocycles. The first-order valence-corrected chi connectivity index (χ1v) is 8.09. The number of nitrogens with two attached hydrogens (primary N) is 1. The van der Waals surface area contributed by atoms with E-state index in [4.69, 9.17) is 10.5 Å². The van der Waals surface area contributed by atoms with Gasteiger partial charge in [0.1, 0.15) is 11.6 Å². The van der Waals surface area contributed by atoms with Gasteiger partial charge < -0.3 is 15.4 Å². The van der Waals surface area contributed by atoms with Crippen molar-refractivity contribution in [1.29, 1.82) is 0 Å². The van der Waals surface area contributed by atoms with E-state index >= 15 is 0 Å². The van der Waals surface area contributed by atoms with Crippen LogP contribution in [-0.4, -0.2) is 39.2 Å². The summed E-state index contributed by atoms with van der Waals surface area (Å²) in [5.41, 5.74) is 4.96. The number of esters is 1. The number of amides is 2. The minimum atomic E-state index is -1.05. The van der Waals surface area contributed by atoms with E-state index in [0.717, 1.165) is 0 Å². The van der Waals surface area contributed by atoms with Gasteiger partial charge in [0, 0.05) is 12.5 Å². The van der Waals surface area contributed by atoms with Crippen molar-refractivity contribution in [3.05, 3.63) is 39.4 Å². The van der Waals surface area contributed by atoms with Crippen LogP contribution >= 0.6 is 0 Å². The molecule has 1 heterocycles. The van der Waals surface area contributed by atoms with Gasteiger partial charge in [-0.05, 0) is 33.3 Å². The van der Waals surface area contributed by atoms with E-state index in [1.165, 1.54) is 23.1 Å². The second-order valence-electron chi connectivity index (χ2n) is 7.04. The first-order valence-electron chi connectivity index (χ1n) is 8.09. The Morgan fingerprint density at radius 3 is 2.58 bits per heavy atom. The number of carbonyl (C=O) groups excluding carboxylic acids is 3. The SMILES string of the molecule is CC(C)(C)OC(=O)CC[C@H](C(N)=O)N1Cc2c(cccc2[N+](=O)[O-])C1=O. The molecule has 1 aliphatic heterocycles. The van der Waals surface area contributed by atoms with Crippen LogP contribution in [-0.2, 0) is 20.9 Å². The standard InChI is InChI=1S/C17H21N3O6/c1-17(2,3)26-14(21)8-7-13(15(18)22)19-9-11-10(16(19)23)5-4-6-12(11)20(24)25/h4-6,13H,7-9H2,1-3H3,(H2,18,22)/t13-/m1/s1. The van der Waals surface area contributed by atoms with E-state index in [0.29, 0.717) is 0 Å². The Morgan fingerprint density at radius 1 is 1.38 bits per heavy atom. The van der Waals surface area contributed by atoms with Crippen LogP contribution in [0.25, 0.3) is 0 Å². The van der Waals surface area contributed by atoms with Crippen LogP contribution in [0, 0.1) is 10.1 Å². The number of nitro benzene ring substituents is 1. The van der Waals surface area contributed by atoms with Crippen molar-refractivity contribution in [3.8, 4) is 0 Å². The Bertz CT molecular complexity index is 768. The summed E-state index contributed by atoms with van der Waals surface area (Å²) in [6.07, 6.45) is -0.120. The third kappa shape index (κ3) is 4.16. The second kappa shape index (κ2) is 7.11. The fraction of sp³-hybridized carbons (Fsp3) is 0.471. The highest BCUT2D eigenvalue weighted by Gasteiger charge is 2.39. The maximum Gasteiger partial charge on any atom is 0.306 e. The molecule has 0 unspecified atom stereocenters. The lowest BCUT2D eigenvalue weighted by Crippen LogP contribution is -2.45. The molecule has 0 spiro atoms. The predicted molar refractivity (Wildman–Crippen MR) is 91.0 cm³/mol. The van der Waals surface area contributed by atoms with E-state index in [9.17, 15) is 24.5 Å². The Labute approximate surface area is 150 Å². The number of hydrogen-bond acceptors (Lipinski definition) is 6. The molecule has 0 fully saturated rings. The van der Waals surface area contributed by atoms with Crippen molar-refractivity contribution in [2.24, 2.45) is 5.73 Å². The molecule has 140 valence electrons. The molecule has 9 heteroatoms. The fourth-order valence-electron chi connectivity index (χ4n) is 2.86.